The second-order valence-electron chi connectivity index (χ2n) is 4.52. The summed E-state index contributed by atoms with van der Waals surface area (Å²) < 4.78 is 0.772. The lowest BCUT2D eigenvalue weighted by Crippen LogP contribution is -2.26. The van der Waals surface area contributed by atoms with E-state index >= 15 is 0 Å². The number of halogens is 1. The molecule has 1 aromatic heterocycles. The summed E-state index contributed by atoms with van der Waals surface area (Å²) in [4.78, 5) is 8.13. The molecule has 0 aliphatic heterocycles. The summed E-state index contributed by atoms with van der Waals surface area (Å²) >= 11 is 3.41. The molecule has 0 unspecified atom stereocenters. The summed E-state index contributed by atoms with van der Waals surface area (Å²) in [6.45, 7) is 2.31. The first kappa shape index (κ1) is 11.6. The van der Waals surface area contributed by atoms with Gasteiger partial charge in [0.25, 0.3) is 0 Å². The number of anilines is 2. The van der Waals surface area contributed by atoms with Crippen LogP contribution in [-0.2, 0) is 0 Å². The molecule has 88 valence electrons. The van der Waals surface area contributed by atoms with Gasteiger partial charge in [-0.05, 0) is 47.5 Å². The minimum Gasteiger partial charge on any atom is -0.383 e. The highest BCUT2D eigenvalue weighted by Gasteiger charge is 2.19. The van der Waals surface area contributed by atoms with Crippen molar-refractivity contribution in [3.63, 3.8) is 0 Å². The highest BCUT2D eigenvalue weighted by atomic mass is 79.9. The third-order valence-electron chi connectivity index (χ3n) is 3.17. The lowest BCUT2D eigenvalue weighted by atomic mass is 9.87. The molecule has 1 aliphatic carbocycles. The van der Waals surface area contributed by atoms with E-state index in [0.717, 1.165) is 16.2 Å². The second-order valence-corrected chi connectivity index (χ2v) is 5.32. The molecule has 1 aliphatic rings. The van der Waals surface area contributed by atoms with E-state index in [9.17, 15) is 0 Å². The van der Waals surface area contributed by atoms with Crippen molar-refractivity contribution in [2.45, 2.75) is 38.6 Å². The quantitative estimate of drug-likeness (QED) is 0.877. The zero-order valence-electron chi connectivity index (χ0n) is 9.41. The van der Waals surface area contributed by atoms with Gasteiger partial charge in [0.1, 0.15) is 22.4 Å². The van der Waals surface area contributed by atoms with Crippen LogP contribution < -0.4 is 11.1 Å². The third kappa shape index (κ3) is 2.64. The van der Waals surface area contributed by atoms with Gasteiger partial charge in [-0.2, -0.15) is 0 Å². The van der Waals surface area contributed by atoms with Crippen LogP contribution in [0.1, 0.15) is 32.6 Å². The monoisotopic (exact) mass is 284 g/mol. The molecule has 0 aromatic carbocycles. The number of nitrogens with two attached hydrogens (primary N) is 1. The standard InChI is InChI=1S/C11H17BrN4/c1-7-2-4-8(5-3-7)16-11-9(12)10(13)14-6-15-11/h6-8H,2-5H2,1H3,(H3,13,14,15,16). The Balaban J connectivity index is 2.01. The first-order chi connectivity index (χ1) is 7.66. The number of hydrogen-bond acceptors (Lipinski definition) is 4. The van der Waals surface area contributed by atoms with Gasteiger partial charge in [0, 0.05) is 6.04 Å². The maximum atomic E-state index is 5.71. The van der Waals surface area contributed by atoms with Gasteiger partial charge < -0.3 is 11.1 Å². The first-order valence-corrected chi connectivity index (χ1v) is 6.48. The molecule has 2 rings (SSSR count). The fourth-order valence-corrected chi connectivity index (χ4v) is 2.40. The summed E-state index contributed by atoms with van der Waals surface area (Å²) in [5.41, 5.74) is 5.71. The van der Waals surface area contributed by atoms with Crippen LogP contribution in [0.25, 0.3) is 0 Å². The molecule has 5 heteroatoms. The summed E-state index contributed by atoms with van der Waals surface area (Å²) in [6, 6.07) is 0.516. The Kier molecular flexibility index (Phi) is 3.63. The molecule has 0 spiro atoms. The molecule has 1 saturated carbocycles. The molecule has 0 amide bonds. The Bertz CT molecular complexity index is 361. The van der Waals surface area contributed by atoms with E-state index in [4.69, 9.17) is 5.73 Å². The van der Waals surface area contributed by atoms with Crippen LogP contribution >= 0.6 is 15.9 Å². The minimum absolute atomic E-state index is 0.488. The SMILES string of the molecule is CC1CCC(Nc2ncnc(N)c2Br)CC1. The van der Waals surface area contributed by atoms with Crippen molar-refractivity contribution >= 4 is 27.6 Å². The Morgan fingerprint density at radius 1 is 1.31 bits per heavy atom. The molecule has 0 radical (unpaired) electrons. The van der Waals surface area contributed by atoms with Crippen LogP contribution in [0.5, 0.6) is 0 Å². The molecule has 1 heterocycles. The van der Waals surface area contributed by atoms with E-state index in [-0.39, 0.29) is 0 Å². The average molecular weight is 285 g/mol. The number of nitrogens with one attached hydrogen (secondary N) is 1. The molecule has 0 saturated heterocycles. The van der Waals surface area contributed by atoms with Crippen molar-refractivity contribution in [3.05, 3.63) is 10.8 Å². The number of nitrogen functional groups attached to an aromatic ring is 1. The van der Waals surface area contributed by atoms with Crippen molar-refractivity contribution in [1.82, 2.24) is 9.97 Å². The van der Waals surface area contributed by atoms with E-state index in [1.807, 2.05) is 0 Å². The normalized spacial score (nSPS) is 25.4. The van der Waals surface area contributed by atoms with Crippen LogP contribution in [0.3, 0.4) is 0 Å². The molecule has 4 nitrogen and oxygen atoms in total. The van der Waals surface area contributed by atoms with Gasteiger partial charge in [0.2, 0.25) is 0 Å². The Morgan fingerprint density at radius 2 is 2.00 bits per heavy atom. The highest BCUT2D eigenvalue weighted by Crippen LogP contribution is 2.29. The Labute approximate surface area is 104 Å². The largest absolute Gasteiger partial charge is 0.383 e. The van der Waals surface area contributed by atoms with Crippen LogP contribution in [0.4, 0.5) is 11.6 Å². The van der Waals surface area contributed by atoms with E-state index in [1.54, 1.807) is 0 Å². The predicted molar refractivity (Wildman–Crippen MR) is 69.2 cm³/mol. The molecular formula is C11H17BrN4. The van der Waals surface area contributed by atoms with E-state index in [0.29, 0.717) is 11.9 Å². The zero-order chi connectivity index (χ0) is 11.5. The van der Waals surface area contributed by atoms with E-state index in [2.05, 4.69) is 38.1 Å². The second kappa shape index (κ2) is 4.99. The smallest absolute Gasteiger partial charge is 0.146 e. The van der Waals surface area contributed by atoms with Crippen molar-refractivity contribution in [1.29, 1.82) is 0 Å². The van der Waals surface area contributed by atoms with E-state index < -0.39 is 0 Å². The van der Waals surface area contributed by atoms with Crippen molar-refractivity contribution in [3.8, 4) is 0 Å². The summed E-state index contributed by atoms with van der Waals surface area (Å²) in [5, 5.41) is 3.43. The fraction of sp³-hybridized carbons (Fsp3) is 0.636. The first-order valence-electron chi connectivity index (χ1n) is 5.69. The van der Waals surface area contributed by atoms with Gasteiger partial charge >= 0.3 is 0 Å². The molecule has 1 aromatic rings. The molecule has 16 heavy (non-hydrogen) atoms. The molecule has 3 N–H and O–H groups in total. The van der Waals surface area contributed by atoms with Crippen molar-refractivity contribution in [2.24, 2.45) is 5.92 Å². The zero-order valence-corrected chi connectivity index (χ0v) is 11.0. The molecule has 0 bridgehead atoms. The Morgan fingerprint density at radius 3 is 2.69 bits per heavy atom. The number of rotatable bonds is 2. The van der Waals surface area contributed by atoms with Gasteiger partial charge in [-0.1, -0.05) is 6.92 Å². The highest BCUT2D eigenvalue weighted by molar-refractivity contribution is 9.10. The Hall–Kier alpha value is -0.840. The average Bonchev–Trinajstić information content (AvgIpc) is 2.28. The maximum Gasteiger partial charge on any atom is 0.146 e. The van der Waals surface area contributed by atoms with Gasteiger partial charge in [0.05, 0.1) is 0 Å². The summed E-state index contributed by atoms with van der Waals surface area (Å²) in [5.74, 6) is 2.16. The van der Waals surface area contributed by atoms with Gasteiger partial charge in [-0.25, -0.2) is 9.97 Å². The molecule has 0 atom stereocenters. The van der Waals surface area contributed by atoms with Crippen molar-refractivity contribution in [2.75, 3.05) is 11.1 Å². The maximum absolute atomic E-state index is 5.71. The van der Waals surface area contributed by atoms with Crippen LogP contribution in [0.2, 0.25) is 0 Å². The molecular weight excluding hydrogens is 268 g/mol. The van der Waals surface area contributed by atoms with E-state index in [1.165, 1.54) is 32.0 Å². The lowest BCUT2D eigenvalue weighted by molar-refractivity contribution is 0.360. The number of nitrogens with zero attached hydrogens (tertiary/aromatic N) is 2. The van der Waals surface area contributed by atoms with Crippen molar-refractivity contribution < 1.29 is 0 Å². The molecule has 1 fully saturated rings. The topological polar surface area (TPSA) is 63.8 Å². The number of hydrogen-bond donors (Lipinski definition) is 2. The third-order valence-corrected chi connectivity index (χ3v) is 3.95. The van der Waals surface area contributed by atoms with Crippen LogP contribution in [0.15, 0.2) is 10.8 Å². The van der Waals surface area contributed by atoms with Crippen LogP contribution in [-0.4, -0.2) is 16.0 Å². The van der Waals surface area contributed by atoms with Crippen LogP contribution in [0, 0.1) is 5.92 Å². The summed E-state index contributed by atoms with van der Waals surface area (Å²) in [6.07, 6.45) is 6.48. The predicted octanol–water partition coefficient (Wildman–Crippen LogP) is 2.81. The summed E-state index contributed by atoms with van der Waals surface area (Å²) in [7, 11) is 0. The van der Waals surface area contributed by atoms with Gasteiger partial charge in [-0.15, -0.1) is 0 Å². The van der Waals surface area contributed by atoms with Gasteiger partial charge in [0.15, 0.2) is 0 Å². The lowest BCUT2D eigenvalue weighted by Gasteiger charge is -2.27. The number of aromatic nitrogens is 2. The minimum atomic E-state index is 0.488. The van der Waals surface area contributed by atoms with Gasteiger partial charge in [-0.3, -0.25) is 0 Å². The fourth-order valence-electron chi connectivity index (χ4n) is 2.08.